The Morgan fingerprint density at radius 3 is 2.71 bits per heavy atom. The number of ether oxygens (including phenoxy) is 1. The molecule has 0 aliphatic rings. The summed E-state index contributed by atoms with van der Waals surface area (Å²) >= 11 is 9.43. The molecule has 5 rings (SSSR count). The van der Waals surface area contributed by atoms with Crippen molar-refractivity contribution in [3.63, 3.8) is 0 Å². The second-order valence-corrected chi connectivity index (χ2v) is 9.18. The second kappa shape index (κ2) is 8.34. The average Bonchev–Trinajstić information content (AvgIpc) is 3.51. The topological polar surface area (TPSA) is 55.6 Å². The lowest BCUT2D eigenvalue weighted by atomic mass is 10.2. The van der Waals surface area contributed by atoms with Gasteiger partial charge in [-0.3, -0.25) is 9.69 Å². The van der Waals surface area contributed by atoms with E-state index in [-0.39, 0.29) is 12.5 Å². The predicted octanol–water partition coefficient (Wildman–Crippen LogP) is 7.00. The quantitative estimate of drug-likeness (QED) is 0.269. The smallest absolute Gasteiger partial charge is 0.272 e. The van der Waals surface area contributed by atoms with Gasteiger partial charge in [0.25, 0.3) is 5.91 Å². The van der Waals surface area contributed by atoms with E-state index in [2.05, 4.69) is 0 Å². The largest absolute Gasteiger partial charge is 0.492 e. The van der Waals surface area contributed by atoms with Gasteiger partial charge in [-0.1, -0.05) is 47.2 Å². The fourth-order valence-electron chi connectivity index (χ4n) is 3.36. The number of rotatable bonds is 6. The summed E-state index contributed by atoms with van der Waals surface area (Å²) in [7, 11) is 0. The van der Waals surface area contributed by atoms with Crippen molar-refractivity contribution in [2.24, 2.45) is 0 Å². The summed E-state index contributed by atoms with van der Waals surface area (Å²) < 4.78 is 13.2. The standard InChI is InChI=1S/C23H17ClN2O3S2/c1-2-28-16-9-5-11-18-20(16)25-23(31-18)26(13-14-7-6-12-29-14)22(27)21-19(24)15-8-3-4-10-17(15)30-21/h3-12H,2,13H2,1H3. The Balaban J connectivity index is 1.62. The molecule has 0 saturated heterocycles. The highest BCUT2D eigenvalue weighted by Crippen LogP contribution is 2.39. The first-order chi connectivity index (χ1) is 15.2. The molecule has 5 nitrogen and oxygen atoms in total. The highest BCUT2D eigenvalue weighted by Gasteiger charge is 2.27. The van der Waals surface area contributed by atoms with E-state index < -0.39 is 0 Å². The van der Waals surface area contributed by atoms with Gasteiger partial charge in [0.15, 0.2) is 5.13 Å². The van der Waals surface area contributed by atoms with Crippen LogP contribution in [-0.4, -0.2) is 17.5 Å². The van der Waals surface area contributed by atoms with Gasteiger partial charge in [0.2, 0.25) is 0 Å². The predicted molar refractivity (Wildman–Crippen MR) is 127 cm³/mol. The minimum absolute atomic E-state index is 0.209. The van der Waals surface area contributed by atoms with Crippen molar-refractivity contribution in [1.82, 2.24) is 4.98 Å². The Labute approximate surface area is 191 Å². The van der Waals surface area contributed by atoms with Crippen molar-refractivity contribution in [3.05, 3.63) is 76.5 Å². The van der Waals surface area contributed by atoms with E-state index in [1.165, 1.54) is 22.7 Å². The molecule has 3 heterocycles. The molecular weight excluding hydrogens is 452 g/mol. The maximum Gasteiger partial charge on any atom is 0.272 e. The van der Waals surface area contributed by atoms with Gasteiger partial charge in [-0.25, -0.2) is 4.98 Å². The molecule has 0 aliphatic heterocycles. The maximum absolute atomic E-state index is 13.7. The van der Waals surface area contributed by atoms with E-state index in [4.69, 9.17) is 25.7 Å². The lowest BCUT2D eigenvalue weighted by molar-refractivity contribution is 0.0987. The van der Waals surface area contributed by atoms with Gasteiger partial charge in [0.1, 0.15) is 21.9 Å². The number of para-hydroxylation sites is 1. The fraction of sp³-hybridized carbons (Fsp3) is 0.130. The molecule has 2 aromatic carbocycles. The molecule has 0 radical (unpaired) electrons. The number of aromatic nitrogens is 1. The lowest BCUT2D eigenvalue weighted by Crippen LogP contribution is -2.29. The zero-order valence-electron chi connectivity index (χ0n) is 16.5. The summed E-state index contributed by atoms with van der Waals surface area (Å²) in [5.74, 6) is 1.15. The maximum atomic E-state index is 13.7. The number of amides is 1. The molecule has 156 valence electrons. The molecule has 5 aromatic rings. The summed E-state index contributed by atoms with van der Waals surface area (Å²) in [6, 6.07) is 17.2. The van der Waals surface area contributed by atoms with Crippen molar-refractivity contribution in [1.29, 1.82) is 0 Å². The Hall–Kier alpha value is -2.87. The molecule has 0 saturated carbocycles. The summed E-state index contributed by atoms with van der Waals surface area (Å²) in [6.45, 7) is 2.72. The number of fused-ring (bicyclic) bond motifs is 2. The van der Waals surface area contributed by atoms with Crippen LogP contribution in [0.2, 0.25) is 5.02 Å². The summed E-state index contributed by atoms with van der Waals surface area (Å²) in [6.07, 6.45) is 1.59. The number of carbonyl (C=O) groups is 1. The van der Waals surface area contributed by atoms with Crippen LogP contribution in [0.1, 0.15) is 22.4 Å². The van der Waals surface area contributed by atoms with Crippen molar-refractivity contribution < 1.29 is 13.9 Å². The minimum atomic E-state index is -0.209. The molecule has 3 aromatic heterocycles. The number of carbonyl (C=O) groups excluding carboxylic acids is 1. The van der Waals surface area contributed by atoms with E-state index in [0.717, 1.165) is 20.3 Å². The summed E-state index contributed by atoms with van der Waals surface area (Å²) in [5.41, 5.74) is 0.740. The van der Waals surface area contributed by atoms with Gasteiger partial charge in [0.05, 0.1) is 29.1 Å². The van der Waals surface area contributed by atoms with Crippen molar-refractivity contribution in [2.45, 2.75) is 13.5 Å². The van der Waals surface area contributed by atoms with Crippen molar-refractivity contribution >= 4 is 65.6 Å². The number of halogens is 1. The highest BCUT2D eigenvalue weighted by atomic mass is 35.5. The van der Waals surface area contributed by atoms with Gasteiger partial charge in [-0.05, 0) is 37.3 Å². The molecule has 1 amide bonds. The normalized spacial score (nSPS) is 11.3. The Morgan fingerprint density at radius 2 is 1.94 bits per heavy atom. The van der Waals surface area contributed by atoms with E-state index in [9.17, 15) is 4.79 Å². The Morgan fingerprint density at radius 1 is 1.10 bits per heavy atom. The van der Waals surface area contributed by atoms with Crippen LogP contribution >= 0.6 is 34.3 Å². The zero-order chi connectivity index (χ0) is 21.4. The van der Waals surface area contributed by atoms with E-state index in [1.807, 2.05) is 55.5 Å². The monoisotopic (exact) mass is 468 g/mol. The fourth-order valence-corrected chi connectivity index (χ4v) is 5.80. The highest BCUT2D eigenvalue weighted by molar-refractivity contribution is 7.23. The average molecular weight is 469 g/mol. The molecule has 0 aliphatic carbocycles. The van der Waals surface area contributed by atoms with Crippen LogP contribution in [0.15, 0.2) is 65.3 Å². The van der Waals surface area contributed by atoms with Crippen molar-refractivity contribution in [2.75, 3.05) is 11.5 Å². The van der Waals surface area contributed by atoms with Crippen LogP contribution in [0.4, 0.5) is 5.13 Å². The number of benzene rings is 2. The minimum Gasteiger partial charge on any atom is -0.492 e. The van der Waals surface area contributed by atoms with Crippen LogP contribution in [0, 0.1) is 0 Å². The first-order valence-electron chi connectivity index (χ1n) is 9.69. The van der Waals surface area contributed by atoms with E-state index in [1.54, 1.807) is 17.2 Å². The number of thiazole rings is 1. The van der Waals surface area contributed by atoms with E-state index in [0.29, 0.717) is 33.1 Å². The van der Waals surface area contributed by atoms with Gasteiger partial charge in [-0.2, -0.15) is 0 Å². The van der Waals surface area contributed by atoms with Gasteiger partial charge in [-0.15, -0.1) is 11.3 Å². The summed E-state index contributed by atoms with van der Waals surface area (Å²) in [4.78, 5) is 20.6. The SMILES string of the molecule is CCOc1cccc2sc(N(Cc3ccco3)C(=O)c3sc4ccccc4c3Cl)nc12. The van der Waals surface area contributed by atoms with Gasteiger partial charge in [0, 0.05) is 10.1 Å². The van der Waals surface area contributed by atoms with Crippen LogP contribution < -0.4 is 9.64 Å². The Bertz CT molecular complexity index is 1370. The number of thiophene rings is 1. The molecular formula is C23H17ClN2O3S2. The number of hydrogen-bond donors (Lipinski definition) is 0. The summed E-state index contributed by atoms with van der Waals surface area (Å²) in [5, 5.41) is 1.90. The van der Waals surface area contributed by atoms with Crippen LogP contribution in [0.5, 0.6) is 5.75 Å². The molecule has 31 heavy (non-hydrogen) atoms. The molecule has 0 bridgehead atoms. The second-order valence-electron chi connectivity index (χ2n) is 6.74. The first kappa shape index (κ1) is 20.1. The molecule has 8 heteroatoms. The third-order valence-electron chi connectivity index (χ3n) is 4.77. The number of furan rings is 1. The molecule has 0 spiro atoms. The molecule has 0 atom stereocenters. The third kappa shape index (κ3) is 3.69. The van der Waals surface area contributed by atoms with Gasteiger partial charge >= 0.3 is 0 Å². The third-order valence-corrected chi connectivity index (χ3v) is 7.48. The van der Waals surface area contributed by atoms with Crippen molar-refractivity contribution in [3.8, 4) is 5.75 Å². The number of nitrogens with zero attached hydrogens (tertiary/aromatic N) is 2. The number of anilines is 1. The molecule has 0 unspecified atom stereocenters. The molecule has 0 fully saturated rings. The lowest BCUT2D eigenvalue weighted by Gasteiger charge is -2.18. The number of hydrogen-bond acceptors (Lipinski definition) is 6. The van der Waals surface area contributed by atoms with Crippen LogP contribution in [0.3, 0.4) is 0 Å². The van der Waals surface area contributed by atoms with Gasteiger partial charge < -0.3 is 9.15 Å². The van der Waals surface area contributed by atoms with Crippen LogP contribution in [-0.2, 0) is 6.54 Å². The first-order valence-corrected chi connectivity index (χ1v) is 11.7. The zero-order valence-corrected chi connectivity index (χ0v) is 18.9. The molecule has 0 N–H and O–H groups in total. The van der Waals surface area contributed by atoms with E-state index >= 15 is 0 Å². The Kier molecular flexibility index (Phi) is 5.40. The van der Waals surface area contributed by atoms with Crippen LogP contribution in [0.25, 0.3) is 20.3 Å².